The largest absolute Gasteiger partial charge is 0.374 e. The molecule has 0 bridgehead atoms. The van der Waals surface area contributed by atoms with Crippen molar-refractivity contribution in [1.82, 2.24) is 10.2 Å². The minimum atomic E-state index is -0.427. The first-order chi connectivity index (χ1) is 11.2. The lowest BCUT2D eigenvalue weighted by atomic mass is 10.1. The number of thioether (sulfide) groups is 1. The molecule has 7 heteroatoms. The molecular formula is C16H14N4OS2. The van der Waals surface area contributed by atoms with E-state index in [0.29, 0.717) is 9.47 Å². The third-order valence-corrected chi connectivity index (χ3v) is 5.11. The lowest BCUT2D eigenvalue weighted by molar-refractivity contribution is -0.115. The fourth-order valence-corrected chi connectivity index (χ4v) is 3.83. The van der Waals surface area contributed by atoms with Crippen molar-refractivity contribution in [3.05, 3.63) is 66.2 Å². The van der Waals surface area contributed by atoms with Gasteiger partial charge in [0.25, 0.3) is 0 Å². The number of nitrogens with two attached hydrogens (primary N) is 1. The first-order valence-corrected chi connectivity index (χ1v) is 8.58. The molecular weight excluding hydrogens is 328 g/mol. The molecule has 0 saturated carbocycles. The molecule has 0 radical (unpaired) electrons. The number of para-hydroxylation sites is 1. The molecule has 5 nitrogen and oxygen atoms in total. The first kappa shape index (κ1) is 15.5. The number of carbonyl (C=O) groups is 1. The SMILES string of the molecule is Nc1nnc(S[C@H](C(=O)Nc2ccccc2)c2ccccc2)s1. The van der Waals surface area contributed by atoms with E-state index in [9.17, 15) is 4.79 Å². The zero-order valence-electron chi connectivity index (χ0n) is 12.0. The van der Waals surface area contributed by atoms with E-state index < -0.39 is 5.25 Å². The summed E-state index contributed by atoms with van der Waals surface area (Å²) in [5, 5.41) is 10.7. The highest BCUT2D eigenvalue weighted by Crippen LogP contribution is 2.38. The maximum absolute atomic E-state index is 12.7. The summed E-state index contributed by atoms with van der Waals surface area (Å²) in [6.07, 6.45) is 0. The number of hydrogen-bond acceptors (Lipinski definition) is 6. The molecule has 0 aliphatic carbocycles. The predicted molar refractivity (Wildman–Crippen MR) is 94.4 cm³/mol. The second-order valence-electron chi connectivity index (χ2n) is 4.67. The van der Waals surface area contributed by atoms with Crippen molar-refractivity contribution in [1.29, 1.82) is 0 Å². The van der Waals surface area contributed by atoms with E-state index in [1.54, 1.807) is 0 Å². The van der Waals surface area contributed by atoms with Crippen molar-refractivity contribution in [3.63, 3.8) is 0 Å². The second-order valence-corrected chi connectivity index (χ2v) is 7.03. The van der Waals surface area contributed by atoms with Gasteiger partial charge in [0.05, 0.1) is 0 Å². The van der Waals surface area contributed by atoms with Crippen LogP contribution in [0.25, 0.3) is 0 Å². The second kappa shape index (κ2) is 7.26. The maximum atomic E-state index is 12.7. The smallest absolute Gasteiger partial charge is 0.242 e. The summed E-state index contributed by atoms with van der Waals surface area (Å²) in [6.45, 7) is 0. The van der Waals surface area contributed by atoms with E-state index in [0.717, 1.165) is 11.3 Å². The van der Waals surface area contributed by atoms with Crippen LogP contribution in [0.2, 0.25) is 0 Å². The Bertz CT molecular complexity index is 777. The van der Waals surface area contributed by atoms with Gasteiger partial charge >= 0.3 is 0 Å². The molecule has 1 aromatic heterocycles. The van der Waals surface area contributed by atoms with Crippen LogP contribution in [0.5, 0.6) is 0 Å². The van der Waals surface area contributed by atoms with Gasteiger partial charge in [-0.2, -0.15) is 0 Å². The molecule has 0 saturated heterocycles. The fraction of sp³-hybridized carbons (Fsp3) is 0.0625. The number of nitrogen functional groups attached to an aromatic ring is 1. The van der Waals surface area contributed by atoms with Gasteiger partial charge in [0.2, 0.25) is 11.0 Å². The van der Waals surface area contributed by atoms with Crippen LogP contribution in [0.3, 0.4) is 0 Å². The Balaban J connectivity index is 1.84. The fourth-order valence-electron chi connectivity index (χ4n) is 2.00. The van der Waals surface area contributed by atoms with E-state index in [4.69, 9.17) is 5.73 Å². The Morgan fingerprint density at radius 2 is 1.70 bits per heavy atom. The molecule has 1 atom stereocenters. The normalized spacial score (nSPS) is 11.8. The molecule has 2 aromatic carbocycles. The van der Waals surface area contributed by atoms with Gasteiger partial charge in [0.1, 0.15) is 5.25 Å². The number of amides is 1. The highest BCUT2D eigenvalue weighted by molar-refractivity contribution is 8.02. The average Bonchev–Trinajstić information content (AvgIpc) is 2.99. The van der Waals surface area contributed by atoms with E-state index in [1.807, 2.05) is 60.7 Å². The number of aromatic nitrogens is 2. The molecule has 3 N–H and O–H groups in total. The zero-order chi connectivity index (χ0) is 16.1. The standard InChI is InChI=1S/C16H14N4OS2/c17-15-19-20-16(23-15)22-13(11-7-3-1-4-8-11)14(21)18-12-9-5-2-6-10-12/h1-10,13H,(H2,17,19)(H,18,21)/t13-/m0/s1. The Morgan fingerprint density at radius 1 is 1.04 bits per heavy atom. The van der Waals surface area contributed by atoms with Crippen molar-refractivity contribution in [2.75, 3.05) is 11.1 Å². The zero-order valence-corrected chi connectivity index (χ0v) is 13.7. The van der Waals surface area contributed by atoms with Crippen LogP contribution >= 0.6 is 23.1 Å². The molecule has 0 unspecified atom stereocenters. The Kier molecular flexibility index (Phi) is 4.89. The van der Waals surface area contributed by atoms with E-state index in [1.165, 1.54) is 23.1 Å². The predicted octanol–water partition coefficient (Wildman–Crippen LogP) is 3.59. The third kappa shape index (κ3) is 4.08. The minimum Gasteiger partial charge on any atom is -0.374 e. The summed E-state index contributed by atoms with van der Waals surface area (Å²) in [5.41, 5.74) is 7.29. The molecule has 1 amide bonds. The molecule has 116 valence electrons. The van der Waals surface area contributed by atoms with Gasteiger partial charge in [-0.05, 0) is 17.7 Å². The Hall–Kier alpha value is -2.38. The molecule has 0 fully saturated rings. The van der Waals surface area contributed by atoms with Crippen LogP contribution in [0.15, 0.2) is 65.0 Å². The number of nitrogens with one attached hydrogen (secondary N) is 1. The Morgan fingerprint density at radius 3 is 2.30 bits per heavy atom. The van der Waals surface area contributed by atoms with Crippen molar-refractivity contribution in [3.8, 4) is 0 Å². The first-order valence-electron chi connectivity index (χ1n) is 6.89. The lowest BCUT2D eigenvalue weighted by Gasteiger charge is -2.15. The third-order valence-electron chi connectivity index (χ3n) is 3.02. The number of nitrogens with zero attached hydrogens (tertiary/aromatic N) is 2. The topological polar surface area (TPSA) is 80.9 Å². The molecule has 3 rings (SSSR count). The van der Waals surface area contributed by atoms with Crippen LogP contribution in [0.1, 0.15) is 10.8 Å². The number of anilines is 2. The van der Waals surface area contributed by atoms with Gasteiger partial charge in [0, 0.05) is 5.69 Å². The summed E-state index contributed by atoms with van der Waals surface area (Å²) >= 11 is 2.62. The summed E-state index contributed by atoms with van der Waals surface area (Å²) in [5.74, 6) is -0.110. The van der Waals surface area contributed by atoms with Crippen LogP contribution in [0.4, 0.5) is 10.8 Å². The van der Waals surface area contributed by atoms with E-state index >= 15 is 0 Å². The van der Waals surface area contributed by atoms with Crippen molar-refractivity contribution >= 4 is 39.8 Å². The molecule has 3 aromatic rings. The Labute approximate surface area is 141 Å². The van der Waals surface area contributed by atoms with Crippen molar-refractivity contribution in [2.24, 2.45) is 0 Å². The van der Waals surface area contributed by atoms with Gasteiger partial charge in [0.15, 0.2) is 4.34 Å². The van der Waals surface area contributed by atoms with Gasteiger partial charge in [-0.1, -0.05) is 71.6 Å². The monoisotopic (exact) mass is 342 g/mol. The number of carbonyl (C=O) groups excluding carboxylic acids is 1. The highest BCUT2D eigenvalue weighted by Gasteiger charge is 2.23. The number of hydrogen-bond donors (Lipinski definition) is 2. The van der Waals surface area contributed by atoms with Gasteiger partial charge in [-0.25, -0.2) is 0 Å². The van der Waals surface area contributed by atoms with Gasteiger partial charge in [-0.15, -0.1) is 10.2 Å². The van der Waals surface area contributed by atoms with E-state index in [2.05, 4.69) is 15.5 Å². The van der Waals surface area contributed by atoms with Crippen LogP contribution in [-0.2, 0) is 4.79 Å². The van der Waals surface area contributed by atoms with Crippen molar-refractivity contribution in [2.45, 2.75) is 9.59 Å². The van der Waals surface area contributed by atoms with Gasteiger partial charge < -0.3 is 11.1 Å². The molecule has 0 spiro atoms. The minimum absolute atomic E-state index is 0.110. The molecule has 0 aliphatic heterocycles. The maximum Gasteiger partial charge on any atom is 0.242 e. The quantitative estimate of drug-likeness (QED) is 0.693. The molecule has 1 heterocycles. The average molecular weight is 342 g/mol. The van der Waals surface area contributed by atoms with Crippen molar-refractivity contribution < 1.29 is 4.79 Å². The summed E-state index contributed by atoms with van der Waals surface area (Å²) in [4.78, 5) is 12.7. The van der Waals surface area contributed by atoms with Crippen LogP contribution in [0, 0.1) is 0 Å². The van der Waals surface area contributed by atoms with Gasteiger partial charge in [-0.3, -0.25) is 4.79 Å². The van der Waals surface area contributed by atoms with Crippen LogP contribution in [-0.4, -0.2) is 16.1 Å². The highest BCUT2D eigenvalue weighted by atomic mass is 32.2. The lowest BCUT2D eigenvalue weighted by Crippen LogP contribution is -2.18. The van der Waals surface area contributed by atoms with Crippen LogP contribution < -0.4 is 11.1 Å². The summed E-state index contributed by atoms with van der Waals surface area (Å²) in [7, 11) is 0. The summed E-state index contributed by atoms with van der Waals surface area (Å²) in [6, 6.07) is 19.0. The number of benzene rings is 2. The van der Waals surface area contributed by atoms with E-state index in [-0.39, 0.29) is 5.91 Å². The number of rotatable bonds is 5. The molecule has 0 aliphatic rings. The molecule has 23 heavy (non-hydrogen) atoms. The summed E-state index contributed by atoms with van der Waals surface area (Å²) < 4.78 is 0.666.